The number of nitrogens with zero attached hydrogens (tertiary/aromatic N) is 1. The Morgan fingerprint density at radius 1 is 1.33 bits per heavy atom. The molecule has 132 valence electrons. The highest BCUT2D eigenvalue weighted by molar-refractivity contribution is 5.89. The molecule has 1 aromatic rings. The fourth-order valence-corrected chi connectivity index (χ4v) is 3.27. The van der Waals surface area contributed by atoms with Crippen LogP contribution in [0.3, 0.4) is 0 Å². The second-order valence-corrected chi connectivity index (χ2v) is 6.36. The predicted octanol–water partition coefficient (Wildman–Crippen LogP) is 2.69. The number of nitrogens with one attached hydrogen (secondary N) is 2. The molecular weight excluding hydrogens is 323 g/mol. The van der Waals surface area contributed by atoms with E-state index in [9.17, 15) is 18.0 Å². The molecule has 24 heavy (non-hydrogen) atoms. The number of morpholine rings is 1. The molecule has 0 unspecified atom stereocenters. The summed E-state index contributed by atoms with van der Waals surface area (Å²) in [6, 6.07) is 4.37. The Morgan fingerprint density at radius 2 is 2.12 bits per heavy atom. The van der Waals surface area contributed by atoms with Gasteiger partial charge in [-0.05, 0) is 31.5 Å². The van der Waals surface area contributed by atoms with Gasteiger partial charge in [0.15, 0.2) is 0 Å². The maximum absolute atomic E-state index is 12.7. The molecule has 5 nitrogen and oxygen atoms in total. The van der Waals surface area contributed by atoms with Gasteiger partial charge in [-0.3, -0.25) is 4.90 Å². The number of amides is 2. The van der Waals surface area contributed by atoms with Crippen molar-refractivity contribution in [2.24, 2.45) is 0 Å². The minimum atomic E-state index is -4.43. The molecule has 2 aliphatic heterocycles. The normalized spacial score (nSPS) is 27.6. The van der Waals surface area contributed by atoms with Gasteiger partial charge in [0.25, 0.3) is 0 Å². The van der Waals surface area contributed by atoms with Gasteiger partial charge in [-0.15, -0.1) is 0 Å². The Morgan fingerprint density at radius 3 is 2.88 bits per heavy atom. The number of fused-ring (bicyclic) bond motifs is 1. The second kappa shape index (κ2) is 6.60. The van der Waals surface area contributed by atoms with Crippen LogP contribution >= 0.6 is 0 Å². The van der Waals surface area contributed by atoms with Crippen LogP contribution in [-0.4, -0.2) is 48.8 Å². The third kappa shape index (κ3) is 3.99. The largest absolute Gasteiger partial charge is 0.416 e. The number of urea groups is 1. The number of halogens is 3. The van der Waals surface area contributed by atoms with E-state index in [0.29, 0.717) is 12.6 Å². The Kier molecular flexibility index (Phi) is 4.69. The van der Waals surface area contributed by atoms with E-state index >= 15 is 0 Å². The van der Waals surface area contributed by atoms with Crippen molar-refractivity contribution < 1.29 is 22.7 Å². The molecule has 8 heteroatoms. The van der Waals surface area contributed by atoms with E-state index in [-0.39, 0.29) is 17.8 Å². The van der Waals surface area contributed by atoms with Crippen LogP contribution < -0.4 is 10.6 Å². The number of anilines is 1. The molecule has 2 fully saturated rings. The van der Waals surface area contributed by atoms with Crippen LogP contribution in [0.1, 0.15) is 18.9 Å². The fourth-order valence-electron chi connectivity index (χ4n) is 3.27. The predicted molar refractivity (Wildman–Crippen MR) is 82.8 cm³/mol. The molecular formula is C16H20F3N3O2. The van der Waals surface area contributed by atoms with Crippen LogP contribution in [0.5, 0.6) is 0 Å². The van der Waals surface area contributed by atoms with Crippen molar-refractivity contribution in [1.82, 2.24) is 10.2 Å². The summed E-state index contributed by atoms with van der Waals surface area (Å²) in [5.41, 5.74) is -0.667. The van der Waals surface area contributed by atoms with Crippen LogP contribution in [0.4, 0.5) is 23.7 Å². The first-order valence-electron chi connectivity index (χ1n) is 7.91. The monoisotopic (exact) mass is 343 g/mol. The van der Waals surface area contributed by atoms with Gasteiger partial charge in [0.05, 0.1) is 18.3 Å². The zero-order chi connectivity index (χ0) is 17.3. The van der Waals surface area contributed by atoms with Crippen molar-refractivity contribution in [2.45, 2.75) is 37.7 Å². The Labute approximate surface area is 138 Å². The summed E-state index contributed by atoms with van der Waals surface area (Å²) >= 11 is 0. The van der Waals surface area contributed by atoms with Gasteiger partial charge < -0.3 is 15.4 Å². The maximum Gasteiger partial charge on any atom is 0.416 e. The number of carbonyl (C=O) groups is 1. The van der Waals surface area contributed by atoms with Crippen LogP contribution in [0, 0.1) is 0 Å². The number of hydrogen-bond donors (Lipinski definition) is 2. The summed E-state index contributed by atoms with van der Waals surface area (Å²) in [6.45, 7) is 4.22. The molecule has 0 aliphatic carbocycles. The summed E-state index contributed by atoms with van der Waals surface area (Å²) < 4.78 is 43.7. The molecule has 3 rings (SSSR count). The molecule has 0 radical (unpaired) electrons. The third-order valence-electron chi connectivity index (χ3n) is 4.38. The lowest BCUT2D eigenvalue weighted by Crippen LogP contribution is -2.45. The van der Waals surface area contributed by atoms with Crippen molar-refractivity contribution in [2.75, 3.05) is 25.0 Å². The van der Waals surface area contributed by atoms with Crippen molar-refractivity contribution in [3.8, 4) is 0 Å². The Hall–Kier alpha value is -1.80. The van der Waals surface area contributed by atoms with Crippen LogP contribution in [0.15, 0.2) is 24.3 Å². The third-order valence-corrected chi connectivity index (χ3v) is 4.38. The second-order valence-electron chi connectivity index (χ2n) is 6.36. The first-order valence-corrected chi connectivity index (χ1v) is 7.91. The molecule has 2 saturated heterocycles. The smallest absolute Gasteiger partial charge is 0.376 e. The molecule has 2 heterocycles. The Balaban J connectivity index is 1.55. The van der Waals surface area contributed by atoms with Crippen molar-refractivity contribution in [3.63, 3.8) is 0 Å². The van der Waals surface area contributed by atoms with E-state index in [0.717, 1.165) is 31.6 Å². The van der Waals surface area contributed by atoms with Crippen LogP contribution in [0.25, 0.3) is 0 Å². The van der Waals surface area contributed by atoms with Gasteiger partial charge in [-0.25, -0.2) is 4.79 Å². The standard InChI is InChI=1S/C16H20F3N3O2/c1-10-7-22-8-13(6-14(22)9-24-10)21-15(23)20-12-4-2-3-11(5-12)16(17,18)19/h2-5,10,13-14H,6-9H2,1H3,(H2,20,21,23)/t10-,13-,14-/m0/s1. The van der Waals surface area contributed by atoms with E-state index < -0.39 is 17.8 Å². The molecule has 0 aromatic heterocycles. The molecule has 3 atom stereocenters. The lowest BCUT2D eigenvalue weighted by Gasteiger charge is -2.33. The minimum absolute atomic E-state index is 0.0327. The summed E-state index contributed by atoms with van der Waals surface area (Å²) in [5.74, 6) is 0. The molecule has 0 bridgehead atoms. The summed E-state index contributed by atoms with van der Waals surface area (Å²) in [5, 5.41) is 5.30. The number of rotatable bonds is 2. The van der Waals surface area contributed by atoms with Crippen LogP contribution in [0.2, 0.25) is 0 Å². The topological polar surface area (TPSA) is 53.6 Å². The molecule has 0 saturated carbocycles. The number of ether oxygens (including phenoxy) is 1. The Bertz CT molecular complexity index is 608. The van der Waals surface area contributed by atoms with Gasteiger partial charge in [0.2, 0.25) is 0 Å². The SMILES string of the molecule is C[C@H]1CN2C[C@@H](NC(=O)Nc3cccc(C(F)(F)F)c3)C[C@H]2CO1. The van der Waals surface area contributed by atoms with Gasteiger partial charge in [0.1, 0.15) is 0 Å². The van der Waals surface area contributed by atoms with E-state index in [1.165, 1.54) is 12.1 Å². The van der Waals surface area contributed by atoms with Crippen molar-refractivity contribution >= 4 is 11.7 Å². The maximum atomic E-state index is 12.7. The van der Waals surface area contributed by atoms with Gasteiger partial charge in [-0.2, -0.15) is 13.2 Å². The van der Waals surface area contributed by atoms with E-state index in [4.69, 9.17) is 4.74 Å². The molecule has 2 amide bonds. The highest BCUT2D eigenvalue weighted by atomic mass is 19.4. The van der Waals surface area contributed by atoms with Gasteiger partial charge >= 0.3 is 12.2 Å². The fraction of sp³-hybridized carbons (Fsp3) is 0.562. The molecule has 1 aromatic carbocycles. The van der Waals surface area contributed by atoms with E-state index in [1.54, 1.807) is 0 Å². The van der Waals surface area contributed by atoms with Crippen LogP contribution in [-0.2, 0) is 10.9 Å². The molecule has 2 N–H and O–H groups in total. The number of alkyl halides is 3. The number of benzene rings is 1. The summed E-state index contributed by atoms with van der Waals surface area (Å²) in [7, 11) is 0. The van der Waals surface area contributed by atoms with Crippen molar-refractivity contribution in [1.29, 1.82) is 0 Å². The van der Waals surface area contributed by atoms with Gasteiger partial charge in [-0.1, -0.05) is 6.07 Å². The quantitative estimate of drug-likeness (QED) is 0.868. The first kappa shape index (κ1) is 17.0. The lowest BCUT2D eigenvalue weighted by molar-refractivity contribution is -0.137. The lowest BCUT2D eigenvalue weighted by atomic mass is 10.1. The van der Waals surface area contributed by atoms with E-state index in [1.807, 2.05) is 6.92 Å². The summed E-state index contributed by atoms with van der Waals surface area (Å²) in [4.78, 5) is 14.3. The highest BCUT2D eigenvalue weighted by Gasteiger charge is 2.36. The van der Waals surface area contributed by atoms with Gasteiger partial charge in [0, 0.05) is 30.9 Å². The molecule has 2 aliphatic rings. The average Bonchev–Trinajstić information content (AvgIpc) is 2.87. The molecule has 0 spiro atoms. The van der Waals surface area contributed by atoms with Crippen molar-refractivity contribution in [3.05, 3.63) is 29.8 Å². The zero-order valence-electron chi connectivity index (χ0n) is 13.3. The number of carbonyl (C=O) groups excluding carboxylic acids is 1. The summed E-state index contributed by atoms with van der Waals surface area (Å²) in [6.07, 6.45) is -3.47. The van der Waals surface area contributed by atoms with E-state index in [2.05, 4.69) is 15.5 Å². The average molecular weight is 343 g/mol. The first-order chi connectivity index (χ1) is 11.3. The highest BCUT2D eigenvalue weighted by Crippen LogP contribution is 2.30. The zero-order valence-corrected chi connectivity index (χ0v) is 13.3. The number of hydrogen-bond acceptors (Lipinski definition) is 3. The minimum Gasteiger partial charge on any atom is -0.376 e.